The Hall–Kier alpha value is -0.120. The molecular formula is C9H20O3. The number of ether oxygens (including phenoxy) is 2. The average molecular weight is 176 g/mol. The van der Waals surface area contributed by atoms with Crippen molar-refractivity contribution in [2.24, 2.45) is 0 Å². The Morgan fingerprint density at radius 1 is 1.33 bits per heavy atom. The van der Waals surface area contributed by atoms with Crippen LogP contribution in [0.3, 0.4) is 0 Å². The van der Waals surface area contributed by atoms with Gasteiger partial charge in [-0.1, -0.05) is 19.8 Å². The van der Waals surface area contributed by atoms with Gasteiger partial charge >= 0.3 is 0 Å². The molecule has 0 saturated carbocycles. The molecule has 0 aliphatic rings. The number of methoxy groups -OCH3 is 1. The smallest absolute Gasteiger partial charge is 0.182 e. The third kappa shape index (κ3) is 5.52. The molecule has 0 spiro atoms. The molecule has 0 aromatic rings. The summed E-state index contributed by atoms with van der Waals surface area (Å²) in [5, 5.41) is 9.12. The molecule has 0 bridgehead atoms. The van der Waals surface area contributed by atoms with Crippen molar-refractivity contribution < 1.29 is 14.6 Å². The van der Waals surface area contributed by atoms with Crippen LogP contribution in [0.15, 0.2) is 0 Å². The molecule has 1 N–H and O–H groups in total. The van der Waals surface area contributed by atoms with Crippen LogP contribution in [-0.2, 0) is 9.47 Å². The zero-order valence-corrected chi connectivity index (χ0v) is 8.25. The number of rotatable bonds is 7. The van der Waals surface area contributed by atoms with E-state index >= 15 is 0 Å². The summed E-state index contributed by atoms with van der Waals surface area (Å²) in [5.41, 5.74) is 0. The van der Waals surface area contributed by atoms with Crippen molar-refractivity contribution in [1.29, 1.82) is 0 Å². The molecule has 2 atom stereocenters. The predicted molar refractivity (Wildman–Crippen MR) is 48.0 cm³/mol. The average Bonchev–Trinajstić information content (AvgIpc) is 2.04. The van der Waals surface area contributed by atoms with E-state index < -0.39 is 12.4 Å². The van der Waals surface area contributed by atoms with Crippen molar-refractivity contribution in [3.05, 3.63) is 0 Å². The molecule has 3 heteroatoms. The van der Waals surface area contributed by atoms with Crippen molar-refractivity contribution >= 4 is 0 Å². The van der Waals surface area contributed by atoms with Crippen molar-refractivity contribution in [1.82, 2.24) is 0 Å². The van der Waals surface area contributed by atoms with E-state index in [4.69, 9.17) is 14.6 Å². The predicted octanol–water partition coefficient (Wildman–Crippen LogP) is 1.55. The van der Waals surface area contributed by atoms with Gasteiger partial charge in [0, 0.05) is 13.7 Å². The maximum Gasteiger partial charge on any atom is 0.182 e. The van der Waals surface area contributed by atoms with E-state index in [1.807, 2.05) is 0 Å². The minimum absolute atomic E-state index is 0.471. The number of aliphatic hydroxyl groups is 1. The van der Waals surface area contributed by atoms with Crippen LogP contribution in [0, 0.1) is 0 Å². The molecule has 0 heterocycles. The van der Waals surface area contributed by atoms with Crippen LogP contribution in [0.25, 0.3) is 0 Å². The van der Waals surface area contributed by atoms with Crippen LogP contribution in [0.5, 0.6) is 0 Å². The molecule has 12 heavy (non-hydrogen) atoms. The summed E-state index contributed by atoms with van der Waals surface area (Å²) in [7, 11) is 1.54. The molecule has 0 saturated heterocycles. The minimum Gasteiger partial charge on any atom is -0.388 e. The van der Waals surface area contributed by atoms with E-state index in [-0.39, 0.29) is 0 Å². The van der Waals surface area contributed by atoms with Gasteiger partial charge in [0.2, 0.25) is 0 Å². The summed E-state index contributed by atoms with van der Waals surface area (Å²) in [6.45, 7) is 4.47. The Labute approximate surface area is 74.7 Å². The first-order valence-corrected chi connectivity index (χ1v) is 4.54. The zero-order chi connectivity index (χ0) is 9.40. The second kappa shape index (κ2) is 7.53. The van der Waals surface area contributed by atoms with Gasteiger partial charge in [-0.3, -0.25) is 0 Å². The SMILES string of the molecule is CCCCCOC(OC)C(C)O. The van der Waals surface area contributed by atoms with Crippen LogP contribution < -0.4 is 0 Å². The third-order valence-electron chi connectivity index (χ3n) is 1.66. The molecule has 0 amide bonds. The number of hydrogen-bond donors (Lipinski definition) is 1. The monoisotopic (exact) mass is 176 g/mol. The summed E-state index contributed by atoms with van der Waals surface area (Å²) >= 11 is 0. The van der Waals surface area contributed by atoms with E-state index in [9.17, 15) is 0 Å². The largest absolute Gasteiger partial charge is 0.388 e. The first kappa shape index (κ1) is 11.9. The van der Waals surface area contributed by atoms with Crippen LogP contribution >= 0.6 is 0 Å². The number of unbranched alkanes of at least 4 members (excludes halogenated alkanes) is 2. The lowest BCUT2D eigenvalue weighted by Gasteiger charge is -2.18. The Balaban J connectivity index is 3.32. The van der Waals surface area contributed by atoms with Crippen LogP contribution in [0.4, 0.5) is 0 Å². The topological polar surface area (TPSA) is 38.7 Å². The fourth-order valence-electron chi connectivity index (χ4n) is 0.956. The van der Waals surface area contributed by atoms with E-state index in [1.165, 1.54) is 13.5 Å². The Morgan fingerprint density at radius 2 is 2.00 bits per heavy atom. The van der Waals surface area contributed by atoms with E-state index in [2.05, 4.69) is 6.92 Å². The van der Waals surface area contributed by atoms with Crippen LogP contribution in [-0.4, -0.2) is 31.2 Å². The normalized spacial score (nSPS) is 16.0. The van der Waals surface area contributed by atoms with Gasteiger partial charge in [0.15, 0.2) is 6.29 Å². The summed E-state index contributed by atoms with van der Waals surface area (Å²) < 4.78 is 10.2. The fourth-order valence-corrected chi connectivity index (χ4v) is 0.956. The highest BCUT2D eigenvalue weighted by atomic mass is 16.7. The number of hydrogen-bond acceptors (Lipinski definition) is 3. The highest BCUT2D eigenvalue weighted by Crippen LogP contribution is 2.02. The molecular weight excluding hydrogens is 156 g/mol. The molecule has 0 aliphatic carbocycles. The standard InChI is InChI=1S/C9H20O3/c1-4-5-6-7-12-9(11-3)8(2)10/h8-10H,4-7H2,1-3H3. The Morgan fingerprint density at radius 3 is 2.42 bits per heavy atom. The van der Waals surface area contributed by atoms with Gasteiger partial charge in [-0.15, -0.1) is 0 Å². The molecule has 0 radical (unpaired) electrons. The highest BCUT2D eigenvalue weighted by molar-refractivity contribution is 4.51. The second-order valence-electron chi connectivity index (χ2n) is 2.92. The van der Waals surface area contributed by atoms with E-state index in [0.717, 1.165) is 12.8 Å². The molecule has 0 aromatic heterocycles. The maximum atomic E-state index is 9.12. The molecule has 3 nitrogen and oxygen atoms in total. The summed E-state index contributed by atoms with van der Waals surface area (Å²) in [6, 6.07) is 0. The van der Waals surface area contributed by atoms with Crippen molar-refractivity contribution in [3.63, 3.8) is 0 Å². The van der Waals surface area contributed by atoms with E-state index in [1.54, 1.807) is 6.92 Å². The highest BCUT2D eigenvalue weighted by Gasteiger charge is 2.12. The fraction of sp³-hybridized carbons (Fsp3) is 1.00. The minimum atomic E-state index is -0.559. The molecule has 2 unspecified atom stereocenters. The molecule has 0 aliphatic heterocycles. The van der Waals surface area contributed by atoms with Crippen molar-refractivity contribution in [2.75, 3.05) is 13.7 Å². The Kier molecular flexibility index (Phi) is 7.45. The second-order valence-corrected chi connectivity index (χ2v) is 2.92. The molecule has 0 fully saturated rings. The summed E-state index contributed by atoms with van der Waals surface area (Å²) in [4.78, 5) is 0. The van der Waals surface area contributed by atoms with Gasteiger partial charge in [-0.05, 0) is 13.3 Å². The van der Waals surface area contributed by atoms with Gasteiger partial charge in [0.1, 0.15) is 6.10 Å². The molecule has 74 valence electrons. The molecule has 0 rings (SSSR count). The van der Waals surface area contributed by atoms with Crippen LogP contribution in [0.1, 0.15) is 33.1 Å². The molecule has 0 aromatic carbocycles. The maximum absolute atomic E-state index is 9.12. The third-order valence-corrected chi connectivity index (χ3v) is 1.66. The quantitative estimate of drug-likeness (QED) is 0.472. The summed E-state index contributed by atoms with van der Waals surface area (Å²) in [6.07, 6.45) is 2.34. The van der Waals surface area contributed by atoms with Gasteiger partial charge in [0.25, 0.3) is 0 Å². The summed E-state index contributed by atoms with van der Waals surface area (Å²) in [5.74, 6) is 0. The van der Waals surface area contributed by atoms with E-state index in [0.29, 0.717) is 6.61 Å². The lowest BCUT2D eigenvalue weighted by atomic mass is 10.3. The van der Waals surface area contributed by atoms with Gasteiger partial charge < -0.3 is 14.6 Å². The van der Waals surface area contributed by atoms with Gasteiger partial charge in [-0.25, -0.2) is 0 Å². The van der Waals surface area contributed by atoms with Gasteiger partial charge in [0.05, 0.1) is 0 Å². The van der Waals surface area contributed by atoms with Crippen molar-refractivity contribution in [2.45, 2.75) is 45.5 Å². The van der Waals surface area contributed by atoms with Crippen molar-refractivity contribution in [3.8, 4) is 0 Å². The first-order valence-electron chi connectivity index (χ1n) is 4.54. The number of aliphatic hydroxyl groups excluding tert-OH is 1. The first-order chi connectivity index (χ1) is 5.72. The lowest BCUT2D eigenvalue weighted by Crippen LogP contribution is -2.28. The Bertz CT molecular complexity index is 93.8. The van der Waals surface area contributed by atoms with Crippen LogP contribution in [0.2, 0.25) is 0 Å². The zero-order valence-electron chi connectivity index (χ0n) is 8.25. The van der Waals surface area contributed by atoms with Gasteiger partial charge in [-0.2, -0.15) is 0 Å². The lowest BCUT2D eigenvalue weighted by molar-refractivity contribution is -0.175.